The SMILES string of the molecule is COc1ccc2c(N3CCN(c4ncc[nH]4)CC3)nc(Cl)cc2c1. The van der Waals surface area contributed by atoms with Gasteiger partial charge in [0, 0.05) is 44.0 Å². The van der Waals surface area contributed by atoms with Crippen LogP contribution in [0.15, 0.2) is 36.7 Å². The van der Waals surface area contributed by atoms with E-state index in [2.05, 4.69) is 24.8 Å². The number of halogens is 1. The Morgan fingerprint density at radius 1 is 1.12 bits per heavy atom. The molecule has 7 heteroatoms. The van der Waals surface area contributed by atoms with E-state index in [4.69, 9.17) is 16.3 Å². The van der Waals surface area contributed by atoms with Crippen molar-refractivity contribution in [3.8, 4) is 5.75 Å². The zero-order valence-electron chi connectivity index (χ0n) is 13.4. The van der Waals surface area contributed by atoms with E-state index in [-0.39, 0.29) is 0 Å². The monoisotopic (exact) mass is 343 g/mol. The van der Waals surface area contributed by atoms with Crippen LogP contribution in [0.25, 0.3) is 10.8 Å². The number of methoxy groups -OCH3 is 1. The normalized spacial score (nSPS) is 15.1. The van der Waals surface area contributed by atoms with E-state index < -0.39 is 0 Å². The van der Waals surface area contributed by atoms with Crippen molar-refractivity contribution in [1.82, 2.24) is 15.0 Å². The molecule has 6 nitrogen and oxygen atoms in total. The summed E-state index contributed by atoms with van der Waals surface area (Å²) >= 11 is 6.24. The Kier molecular flexibility index (Phi) is 3.90. The molecule has 0 saturated carbocycles. The van der Waals surface area contributed by atoms with Gasteiger partial charge in [-0.05, 0) is 29.7 Å². The molecule has 0 atom stereocenters. The Hall–Kier alpha value is -2.47. The van der Waals surface area contributed by atoms with Crippen LogP contribution >= 0.6 is 11.6 Å². The molecule has 1 fully saturated rings. The van der Waals surface area contributed by atoms with Gasteiger partial charge in [-0.15, -0.1) is 0 Å². The van der Waals surface area contributed by atoms with Crippen molar-refractivity contribution < 1.29 is 4.74 Å². The smallest absolute Gasteiger partial charge is 0.202 e. The van der Waals surface area contributed by atoms with Crippen molar-refractivity contribution in [2.24, 2.45) is 0 Å². The van der Waals surface area contributed by atoms with Gasteiger partial charge in [-0.3, -0.25) is 0 Å². The number of pyridine rings is 1. The Morgan fingerprint density at radius 2 is 1.92 bits per heavy atom. The molecule has 0 unspecified atom stereocenters. The highest BCUT2D eigenvalue weighted by molar-refractivity contribution is 6.30. The number of H-pyrrole nitrogens is 1. The van der Waals surface area contributed by atoms with Crippen molar-refractivity contribution >= 4 is 34.1 Å². The Morgan fingerprint density at radius 3 is 2.62 bits per heavy atom. The van der Waals surface area contributed by atoms with Crippen molar-refractivity contribution in [1.29, 1.82) is 0 Å². The first-order valence-electron chi connectivity index (χ1n) is 7.88. The zero-order chi connectivity index (χ0) is 16.5. The number of hydrogen-bond acceptors (Lipinski definition) is 5. The molecule has 2 aromatic heterocycles. The highest BCUT2D eigenvalue weighted by Gasteiger charge is 2.21. The van der Waals surface area contributed by atoms with Crippen LogP contribution in [-0.4, -0.2) is 48.2 Å². The molecular weight excluding hydrogens is 326 g/mol. The molecule has 3 heterocycles. The van der Waals surface area contributed by atoms with Crippen LogP contribution in [0.2, 0.25) is 5.15 Å². The third-order valence-corrected chi connectivity index (χ3v) is 4.54. The average Bonchev–Trinajstić information content (AvgIpc) is 3.15. The largest absolute Gasteiger partial charge is 0.497 e. The third-order valence-electron chi connectivity index (χ3n) is 4.35. The number of anilines is 2. The number of nitrogens with one attached hydrogen (secondary N) is 1. The second-order valence-corrected chi connectivity index (χ2v) is 6.13. The van der Waals surface area contributed by atoms with Crippen molar-refractivity contribution in [2.75, 3.05) is 43.1 Å². The average molecular weight is 344 g/mol. The maximum Gasteiger partial charge on any atom is 0.202 e. The van der Waals surface area contributed by atoms with Gasteiger partial charge in [0.25, 0.3) is 0 Å². The highest BCUT2D eigenvalue weighted by atomic mass is 35.5. The lowest BCUT2D eigenvalue weighted by Gasteiger charge is -2.35. The molecule has 24 heavy (non-hydrogen) atoms. The third kappa shape index (κ3) is 2.73. The predicted octanol–water partition coefficient (Wildman–Crippen LogP) is 2.95. The molecule has 1 N–H and O–H groups in total. The molecule has 0 bridgehead atoms. The van der Waals surface area contributed by atoms with E-state index in [1.54, 1.807) is 13.3 Å². The van der Waals surface area contributed by atoms with Crippen LogP contribution in [0.1, 0.15) is 0 Å². The van der Waals surface area contributed by atoms with Gasteiger partial charge in [0.2, 0.25) is 5.95 Å². The van der Waals surface area contributed by atoms with Crippen LogP contribution in [0, 0.1) is 0 Å². The molecule has 1 aliphatic rings. The summed E-state index contributed by atoms with van der Waals surface area (Å²) in [6.07, 6.45) is 3.63. The predicted molar refractivity (Wildman–Crippen MR) is 96.3 cm³/mol. The van der Waals surface area contributed by atoms with E-state index in [1.807, 2.05) is 30.5 Å². The lowest BCUT2D eigenvalue weighted by atomic mass is 10.1. The highest BCUT2D eigenvalue weighted by Crippen LogP contribution is 2.31. The van der Waals surface area contributed by atoms with Crippen molar-refractivity contribution in [3.05, 3.63) is 41.8 Å². The van der Waals surface area contributed by atoms with Crippen molar-refractivity contribution in [3.63, 3.8) is 0 Å². The standard InChI is InChI=1S/C17H18ClN5O/c1-24-13-2-3-14-12(10-13)11-15(18)21-16(14)22-6-8-23(9-7-22)17-19-4-5-20-17/h2-5,10-11H,6-9H2,1H3,(H,19,20). The van der Waals surface area contributed by atoms with Gasteiger partial charge < -0.3 is 19.5 Å². The van der Waals surface area contributed by atoms with Gasteiger partial charge in [-0.2, -0.15) is 0 Å². The van der Waals surface area contributed by atoms with Crippen LogP contribution in [-0.2, 0) is 0 Å². The molecule has 1 aromatic carbocycles. The zero-order valence-corrected chi connectivity index (χ0v) is 14.1. The fourth-order valence-electron chi connectivity index (χ4n) is 3.11. The molecule has 124 valence electrons. The number of imidazole rings is 1. The number of benzene rings is 1. The topological polar surface area (TPSA) is 57.3 Å². The molecule has 3 aromatic rings. The summed E-state index contributed by atoms with van der Waals surface area (Å²) in [6.45, 7) is 3.52. The number of piperazine rings is 1. The van der Waals surface area contributed by atoms with E-state index in [0.29, 0.717) is 5.15 Å². The lowest BCUT2D eigenvalue weighted by molar-refractivity contribution is 0.415. The Labute approximate surface area is 145 Å². The fourth-order valence-corrected chi connectivity index (χ4v) is 3.31. The fraction of sp³-hybridized carbons (Fsp3) is 0.294. The van der Waals surface area contributed by atoms with E-state index in [9.17, 15) is 0 Å². The summed E-state index contributed by atoms with van der Waals surface area (Å²) in [6, 6.07) is 7.87. The number of fused-ring (bicyclic) bond motifs is 1. The summed E-state index contributed by atoms with van der Waals surface area (Å²) < 4.78 is 5.31. The maximum atomic E-state index is 6.24. The first-order valence-corrected chi connectivity index (χ1v) is 8.26. The van der Waals surface area contributed by atoms with Gasteiger partial charge in [0.05, 0.1) is 7.11 Å². The molecule has 0 spiro atoms. The number of aromatic amines is 1. The van der Waals surface area contributed by atoms with Gasteiger partial charge in [-0.1, -0.05) is 11.6 Å². The minimum absolute atomic E-state index is 0.499. The summed E-state index contributed by atoms with van der Waals surface area (Å²) in [5.74, 6) is 2.67. The van der Waals surface area contributed by atoms with E-state index >= 15 is 0 Å². The molecule has 4 rings (SSSR count). The second kappa shape index (κ2) is 6.20. The first-order chi connectivity index (χ1) is 11.7. The molecular formula is C17H18ClN5O. The molecule has 1 aliphatic heterocycles. The van der Waals surface area contributed by atoms with Gasteiger partial charge in [0.15, 0.2) is 0 Å². The number of nitrogens with zero attached hydrogens (tertiary/aromatic N) is 4. The molecule has 0 aliphatic carbocycles. The second-order valence-electron chi connectivity index (χ2n) is 5.74. The van der Waals surface area contributed by atoms with Gasteiger partial charge in [-0.25, -0.2) is 9.97 Å². The summed E-state index contributed by atoms with van der Waals surface area (Å²) in [7, 11) is 1.67. The van der Waals surface area contributed by atoms with Crippen LogP contribution in [0.3, 0.4) is 0 Å². The van der Waals surface area contributed by atoms with Crippen molar-refractivity contribution in [2.45, 2.75) is 0 Å². The minimum atomic E-state index is 0.499. The van der Waals surface area contributed by atoms with E-state index in [0.717, 1.165) is 54.5 Å². The van der Waals surface area contributed by atoms with Crippen LogP contribution in [0.4, 0.5) is 11.8 Å². The summed E-state index contributed by atoms with van der Waals surface area (Å²) in [5.41, 5.74) is 0. The van der Waals surface area contributed by atoms with Gasteiger partial charge in [0.1, 0.15) is 16.7 Å². The number of aromatic nitrogens is 3. The van der Waals surface area contributed by atoms with Crippen LogP contribution in [0.5, 0.6) is 5.75 Å². The first kappa shape index (κ1) is 15.1. The molecule has 0 amide bonds. The van der Waals surface area contributed by atoms with E-state index in [1.165, 1.54) is 0 Å². The quantitative estimate of drug-likeness (QED) is 0.741. The summed E-state index contributed by atoms with van der Waals surface area (Å²) in [4.78, 5) is 16.6. The summed E-state index contributed by atoms with van der Waals surface area (Å²) in [5, 5.41) is 2.63. The lowest BCUT2D eigenvalue weighted by Crippen LogP contribution is -2.47. The minimum Gasteiger partial charge on any atom is -0.497 e. The number of hydrogen-bond donors (Lipinski definition) is 1. The number of ether oxygens (including phenoxy) is 1. The Balaban J connectivity index is 1.62. The molecule has 1 saturated heterocycles. The molecule has 0 radical (unpaired) electrons. The van der Waals surface area contributed by atoms with Crippen LogP contribution < -0.4 is 14.5 Å². The Bertz CT molecular complexity index is 844. The number of rotatable bonds is 3. The maximum absolute atomic E-state index is 6.24. The van der Waals surface area contributed by atoms with Gasteiger partial charge >= 0.3 is 0 Å².